The maximum Gasteiger partial charge on any atom is 0.272 e. The number of sulfone groups is 1. The summed E-state index contributed by atoms with van der Waals surface area (Å²) >= 11 is 0. The van der Waals surface area contributed by atoms with Crippen molar-refractivity contribution in [2.45, 2.75) is 19.4 Å². The molecule has 7 nitrogen and oxygen atoms in total. The van der Waals surface area contributed by atoms with Gasteiger partial charge in [0.2, 0.25) is 5.95 Å². The molecule has 1 aliphatic heterocycles. The van der Waals surface area contributed by atoms with Crippen molar-refractivity contribution < 1.29 is 13.2 Å². The number of rotatable bonds is 5. The fourth-order valence-corrected chi connectivity index (χ4v) is 4.66. The van der Waals surface area contributed by atoms with Crippen molar-refractivity contribution in [3.8, 4) is 0 Å². The van der Waals surface area contributed by atoms with Gasteiger partial charge in [0, 0.05) is 24.5 Å². The highest BCUT2D eigenvalue weighted by atomic mass is 32.2. The molecule has 1 aliphatic rings. The molecule has 2 heterocycles. The SMILES string of the molecule is CCN(C(=O)c1ccnc(Nc2ccccc2)n1)C1CCS(=O)(=O)C1. The van der Waals surface area contributed by atoms with Crippen molar-refractivity contribution in [3.63, 3.8) is 0 Å². The van der Waals surface area contributed by atoms with Crippen LogP contribution in [0.3, 0.4) is 0 Å². The summed E-state index contributed by atoms with van der Waals surface area (Å²) < 4.78 is 23.4. The van der Waals surface area contributed by atoms with E-state index in [1.807, 2.05) is 37.3 Å². The molecule has 132 valence electrons. The van der Waals surface area contributed by atoms with Crippen LogP contribution in [0.5, 0.6) is 0 Å². The second-order valence-corrected chi connectivity index (χ2v) is 8.13. The second-order valence-electron chi connectivity index (χ2n) is 5.90. The maximum absolute atomic E-state index is 12.8. The van der Waals surface area contributed by atoms with Gasteiger partial charge in [-0.3, -0.25) is 4.79 Å². The molecule has 0 radical (unpaired) electrons. The normalized spacial score (nSPS) is 18.7. The van der Waals surface area contributed by atoms with Gasteiger partial charge in [-0.15, -0.1) is 0 Å². The highest BCUT2D eigenvalue weighted by molar-refractivity contribution is 7.91. The number of nitrogens with one attached hydrogen (secondary N) is 1. The number of carbonyl (C=O) groups excluding carboxylic acids is 1. The van der Waals surface area contributed by atoms with Crippen molar-refractivity contribution in [2.75, 3.05) is 23.4 Å². The minimum atomic E-state index is -3.05. The lowest BCUT2D eigenvalue weighted by atomic mass is 10.2. The fraction of sp³-hybridized carbons (Fsp3) is 0.353. The Hall–Kier alpha value is -2.48. The number of aromatic nitrogens is 2. The largest absolute Gasteiger partial charge is 0.334 e. The number of hydrogen-bond acceptors (Lipinski definition) is 6. The predicted molar refractivity (Wildman–Crippen MR) is 95.5 cm³/mol. The minimum absolute atomic E-state index is 0.0206. The summed E-state index contributed by atoms with van der Waals surface area (Å²) in [5.74, 6) is 0.203. The topological polar surface area (TPSA) is 92.3 Å². The molecule has 1 N–H and O–H groups in total. The van der Waals surface area contributed by atoms with E-state index >= 15 is 0 Å². The van der Waals surface area contributed by atoms with Gasteiger partial charge < -0.3 is 10.2 Å². The zero-order valence-corrected chi connectivity index (χ0v) is 14.7. The van der Waals surface area contributed by atoms with Crippen molar-refractivity contribution in [1.29, 1.82) is 0 Å². The average molecular weight is 360 g/mol. The van der Waals surface area contributed by atoms with E-state index in [0.717, 1.165) is 5.69 Å². The molecule has 0 spiro atoms. The van der Waals surface area contributed by atoms with Crippen LogP contribution in [-0.4, -0.2) is 53.3 Å². The van der Waals surface area contributed by atoms with E-state index in [1.165, 1.54) is 6.20 Å². The summed E-state index contributed by atoms with van der Waals surface area (Å²) in [7, 11) is -3.05. The Labute approximate surface area is 147 Å². The number of nitrogens with zero attached hydrogens (tertiary/aromatic N) is 3. The molecule has 0 bridgehead atoms. The van der Waals surface area contributed by atoms with Crippen LogP contribution < -0.4 is 5.32 Å². The molecule has 2 aromatic rings. The summed E-state index contributed by atoms with van der Waals surface area (Å²) in [5.41, 5.74) is 1.07. The van der Waals surface area contributed by atoms with E-state index in [1.54, 1.807) is 11.0 Å². The highest BCUT2D eigenvalue weighted by Gasteiger charge is 2.34. The minimum Gasteiger partial charge on any atom is -0.334 e. The first-order valence-corrected chi connectivity index (χ1v) is 9.97. The molecule has 1 fully saturated rings. The van der Waals surface area contributed by atoms with Crippen LogP contribution in [-0.2, 0) is 9.84 Å². The number of benzene rings is 1. The molecular weight excluding hydrogens is 340 g/mol. The molecule has 1 atom stereocenters. The lowest BCUT2D eigenvalue weighted by Crippen LogP contribution is -2.41. The van der Waals surface area contributed by atoms with Crippen LogP contribution in [0.15, 0.2) is 42.6 Å². The number of para-hydroxylation sites is 1. The third-order valence-electron chi connectivity index (χ3n) is 4.16. The zero-order chi connectivity index (χ0) is 17.9. The summed E-state index contributed by atoms with van der Waals surface area (Å²) in [4.78, 5) is 22.8. The molecule has 0 aliphatic carbocycles. The summed E-state index contributed by atoms with van der Waals surface area (Å²) in [6, 6.07) is 10.7. The third kappa shape index (κ3) is 4.14. The Morgan fingerprint density at radius 2 is 2.04 bits per heavy atom. The first-order valence-electron chi connectivity index (χ1n) is 8.15. The molecule has 25 heavy (non-hydrogen) atoms. The molecule has 1 saturated heterocycles. The van der Waals surface area contributed by atoms with Crippen molar-refractivity contribution in [1.82, 2.24) is 14.9 Å². The van der Waals surface area contributed by atoms with Gasteiger partial charge >= 0.3 is 0 Å². The molecule has 1 aromatic heterocycles. The second kappa shape index (κ2) is 7.18. The quantitative estimate of drug-likeness (QED) is 0.875. The van der Waals surface area contributed by atoms with Crippen molar-refractivity contribution >= 4 is 27.4 Å². The van der Waals surface area contributed by atoms with Gasteiger partial charge in [-0.2, -0.15) is 0 Å². The van der Waals surface area contributed by atoms with Gasteiger partial charge in [-0.05, 0) is 31.5 Å². The van der Waals surface area contributed by atoms with Crippen molar-refractivity contribution in [3.05, 3.63) is 48.3 Å². The summed E-state index contributed by atoms with van der Waals surface area (Å²) in [6.45, 7) is 2.28. The molecular formula is C17H20N4O3S. The highest BCUT2D eigenvalue weighted by Crippen LogP contribution is 2.20. The first kappa shape index (κ1) is 17.3. The summed E-state index contributed by atoms with van der Waals surface area (Å²) in [5, 5.41) is 3.05. The van der Waals surface area contributed by atoms with Gasteiger partial charge in [-0.25, -0.2) is 18.4 Å². The Bertz CT molecular complexity index is 855. The van der Waals surface area contributed by atoms with Crippen molar-refractivity contribution in [2.24, 2.45) is 0 Å². The van der Waals surface area contributed by atoms with E-state index in [9.17, 15) is 13.2 Å². The molecule has 1 amide bonds. The Morgan fingerprint density at radius 1 is 1.28 bits per heavy atom. The molecule has 1 unspecified atom stereocenters. The zero-order valence-electron chi connectivity index (χ0n) is 13.9. The smallest absolute Gasteiger partial charge is 0.272 e. The van der Waals surface area contributed by atoms with E-state index in [-0.39, 0.29) is 29.1 Å². The lowest BCUT2D eigenvalue weighted by Gasteiger charge is -2.26. The fourth-order valence-electron chi connectivity index (χ4n) is 2.92. The Kier molecular flexibility index (Phi) is 4.98. The van der Waals surface area contributed by atoms with Crippen LogP contribution in [0, 0.1) is 0 Å². The third-order valence-corrected chi connectivity index (χ3v) is 5.91. The molecule has 3 rings (SSSR count). The maximum atomic E-state index is 12.8. The van der Waals surface area contributed by atoms with Crippen LogP contribution in [0.1, 0.15) is 23.8 Å². The van der Waals surface area contributed by atoms with Crippen LogP contribution in [0.4, 0.5) is 11.6 Å². The lowest BCUT2D eigenvalue weighted by molar-refractivity contribution is 0.0702. The van der Waals surface area contributed by atoms with Gasteiger partial charge in [-0.1, -0.05) is 18.2 Å². The van der Waals surface area contributed by atoms with E-state index in [2.05, 4.69) is 15.3 Å². The van der Waals surface area contributed by atoms with Gasteiger partial charge in [0.05, 0.1) is 11.5 Å². The number of carbonyl (C=O) groups is 1. The standard InChI is InChI=1S/C17H20N4O3S/c1-2-21(14-9-11-25(23,24)12-14)16(22)15-8-10-18-17(20-15)19-13-6-4-3-5-7-13/h3-8,10,14H,2,9,11-12H2,1H3,(H,18,19,20). The predicted octanol–water partition coefficient (Wildman–Crippen LogP) is 1.87. The van der Waals surface area contributed by atoms with Crippen LogP contribution in [0.2, 0.25) is 0 Å². The average Bonchev–Trinajstić information content (AvgIpc) is 2.96. The monoisotopic (exact) mass is 360 g/mol. The summed E-state index contributed by atoms with van der Waals surface area (Å²) in [6.07, 6.45) is 1.99. The first-order chi connectivity index (χ1) is 12.0. The Morgan fingerprint density at radius 3 is 2.68 bits per heavy atom. The van der Waals surface area contributed by atoms with E-state index in [0.29, 0.717) is 18.9 Å². The molecule has 8 heteroatoms. The number of anilines is 2. The molecule has 0 saturated carbocycles. The van der Waals surface area contributed by atoms with Gasteiger partial charge in [0.25, 0.3) is 5.91 Å². The van der Waals surface area contributed by atoms with Gasteiger partial charge in [0.15, 0.2) is 9.84 Å². The number of amides is 1. The van der Waals surface area contributed by atoms with Gasteiger partial charge in [0.1, 0.15) is 5.69 Å². The van der Waals surface area contributed by atoms with Crippen LogP contribution in [0.25, 0.3) is 0 Å². The molecule has 1 aromatic carbocycles. The Balaban J connectivity index is 1.78. The van der Waals surface area contributed by atoms with E-state index in [4.69, 9.17) is 0 Å². The number of hydrogen-bond donors (Lipinski definition) is 1. The van der Waals surface area contributed by atoms with Crippen LogP contribution >= 0.6 is 0 Å². The van der Waals surface area contributed by atoms with E-state index < -0.39 is 9.84 Å².